The van der Waals surface area contributed by atoms with Crippen molar-refractivity contribution < 1.29 is 18.0 Å². The molecule has 1 amide bonds. The number of carbonyl (C=O) groups excluding carboxylic acids is 1. The lowest BCUT2D eigenvalue weighted by Crippen LogP contribution is -2.26. The van der Waals surface area contributed by atoms with Crippen LogP contribution in [0.15, 0.2) is 24.3 Å². The Balaban J connectivity index is 2.09. The SMILES string of the molecule is CCCc1nc(C)c(C(=O)N(C)Cc2ccc(C(F)(F)F)cc2)s1. The van der Waals surface area contributed by atoms with Gasteiger partial charge in [-0.05, 0) is 37.5 Å². The van der Waals surface area contributed by atoms with Gasteiger partial charge in [-0.1, -0.05) is 19.1 Å². The van der Waals surface area contributed by atoms with Crippen molar-refractivity contribution in [3.05, 3.63) is 51.0 Å². The first kappa shape index (κ1) is 18.4. The first-order valence-electron chi connectivity index (χ1n) is 7.60. The summed E-state index contributed by atoms with van der Waals surface area (Å²) in [4.78, 5) is 19.0. The Labute approximate surface area is 143 Å². The zero-order valence-electron chi connectivity index (χ0n) is 13.8. The summed E-state index contributed by atoms with van der Waals surface area (Å²) in [5.41, 5.74) is 0.658. The summed E-state index contributed by atoms with van der Waals surface area (Å²) in [6.07, 6.45) is -2.56. The molecule has 0 aliphatic carbocycles. The highest BCUT2D eigenvalue weighted by Gasteiger charge is 2.30. The third-order valence-corrected chi connectivity index (χ3v) is 4.75. The van der Waals surface area contributed by atoms with E-state index in [1.54, 1.807) is 14.0 Å². The molecule has 3 nitrogen and oxygen atoms in total. The number of halogens is 3. The first-order chi connectivity index (χ1) is 11.2. The maximum atomic E-state index is 12.6. The van der Waals surface area contributed by atoms with E-state index in [1.807, 2.05) is 0 Å². The van der Waals surface area contributed by atoms with Gasteiger partial charge in [0.1, 0.15) is 4.88 Å². The molecule has 1 aromatic carbocycles. The predicted octanol–water partition coefficient (Wildman–Crippen LogP) is 4.70. The number of aryl methyl sites for hydroxylation is 2. The van der Waals surface area contributed by atoms with Crippen LogP contribution in [0.2, 0.25) is 0 Å². The smallest absolute Gasteiger partial charge is 0.337 e. The summed E-state index contributed by atoms with van der Waals surface area (Å²) in [5.74, 6) is -0.160. The van der Waals surface area contributed by atoms with Crippen molar-refractivity contribution in [2.24, 2.45) is 0 Å². The molecule has 1 heterocycles. The van der Waals surface area contributed by atoms with Gasteiger partial charge >= 0.3 is 6.18 Å². The van der Waals surface area contributed by atoms with Gasteiger partial charge in [-0.2, -0.15) is 13.2 Å². The van der Waals surface area contributed by atoms with Crippen LogP contribution in [0.1, 0.15) is 44.8 Å². The van der Waals surface area contributed by atoms with E-state index in [1.165, 1.54) is 28.4 Å². The molecule has 0 atom stereocenters. The summed E-state index contributed by atoms with van der Waals surface area (Å²) in [6.45, 7) is 4.10. The highest BCUT2D eigenvalue weighted by atomic mass is 32.1. The number of rotatable bonds is 5. The second-order valence-corrected chi connectivity index (χ2v) is 6.71. The van der Waals surface area contributed by atoms with Crippen LogP contribution in [-0.4, -0.2) is 22.8 Å². The van der Waals surface area contributed by atoms with Crippen LogP contribution < -0.4 is 0 Å². The van der Waals surface area contributed by atoms with Gasteiger partial charge in [0.15, 0.2) is 0 Å². The van der Waals surface area contributed by atoms with Gasteiger partial charge in [-0.3, -0.25) is 4.79 Å². The number of alkyl halides is 3. The van der Waals surface area contributed by atoms with Crippen molar-refractivity contribution in [2.45, 2.75) is 39.4 Å². The number of hydrogen-bond acceptors (Lipinski definition) is 3. The normalized spacial score (nSPS) is 11.6. The zero-order chi connectivity index (χ0) is 17.9. The van der Waals surface area contributed by atoms with Gasteiger partial charge in [0.05, 0.1) is 16.3 Å². The van der Waals surface area contributed by atoms with Crippen LogP contribution in [0.3, 0.4) is 0 Å². The van der Waals surface area contributed by atoms with Crippen molar-refractivity contribution in [2.75, 3.05) is 7.05 Å². The molecule has 130 valence electrons. The monoisotopic (exact) mass is 356 g/mol. The number of benzene rings is 1. The number of hydrogen-bond donors (Lipinski definition) is 0. The maximum Gasteiger partial charge on any atom is 0.416 e. The minimum atomic E-state index is -4.35. The highest BCUT2D eigenvalue weighted by Crippen LogP contribution is 2.29. The minimum Gasteiger partial charge on any atom is -0.337 e. The lowest BCUT2D eigenvalue weighted by molar-refractivity contribution is -0.137. The molecule has 0 aliphatic heterocycles. The van der Waals surface area contributed by atoms with Crippen LogP contribution in [0.25, 0.3) is 0 Å². The maximum absolute atomic E-state index is 12.6. The van der Waals surface area contributed by atoms with Gasteiger partial charge in [0.2, 0.25) is 0 Å². The van der Waals surface area contributed by atoms with Crippen molar-refractivity contribution in [1.29, 1.82) is 0 Å². The fraction of sp³-hybridized carbons (Fsp3) is 0.412. The molecular formula is C17H19F3N2OS. The molecule has 0 saturated heterocycles. The Bertz CT molecular complexity index is 708. The molecule has 0 spiro atoms. The summed E-state index contributed by atoms with van der Waals surface area (Å²) in [7, 11) is 1.64. The molecule has 0 unspecified atom stereocenters. The average molecular weight is 356 g/mol. The van der Waals surface area contributed by atoms with Crippen LogP contribution in [-0.2, 0) is 19.1 Å². The second kappa shape index (κ2) is 7.34. The Morgan fingerprint density at radius 2 is 1.88 bits per heavy atom. The van der Waals surface area contributed by atoms with Crippen LogP contribution >= 0.6 is 11.3 Å². The molecule has 24 heavy (non-hydrogen) atoms. The number of thiazole rings is 1. The Morgan fingerprint density at radius 1 is 1.25 bits per heavy atom. The molecule has 0 aliphatic rings. The third kappa shape index (κ3) is 4.35. The van der Waals surface area contributed by atoms with Crippen molar-refractivity contribution in [1.82, 2.24) is 9.88 Å². The lowest BCUT2D eigenvalue weighted by atomic mass is 10.1. The highest BCUT2D eigenvalue weighted by molar-refractivity contribution is 7.13. The number of nitrogens with zero attached hydrogens (tertiary/aromatic N) is 2. The molecule has 0 N–H and O–H groups in total. The molecule has 7 heteroatoms. The van der Waals surface area contributed by atoms with E-state index in [-0.39, 0.29) is 12.5 Å². The lowest BCUT2D eigenvalue weighted by Gasteiger charge is -2.17. The number of carbonyl (C=O) groups is 1. The largest absolute Gasteiger partial charge is 0.416 e. The third-order valence-electron chi connectivity index (χ3n) is 3.55. The molecule has 2 aromatic rings. The predicted molar refractivity (Wildman–Crippen MR) is 88.1 cm³/mol. The molecule has 0 radical (unpaired) electrons. The molecule has 0 saturated carbocycles. The molecule has 0 fully saturated rings. The van der Waals surface area contributed by atoms with Gasteiger partial charge in [0.25, 0.3) is 5.91 Å². The molecular weight excluding hydrogens is 337 g/mol. The fourth-order valence-electron chi connectivity index (χ4n) is 2.29. The van der Waals surface area contributed by atoms with Crippen molar-refractivity contribution in [3.63, 3.8) is 0 Å². The van der Waals surface area contributed by atoms with Gasteiger partial charge in [-0.15, -0.1) is 11.3 Å². The van der Waals surface area contributed by atoms with E-state index >= 15 is 0 Å². The van der Waals surface area contributed by atoms with E-state index in [9.17, 15) is 18.0 Å². The second-order valence-electron chi connectivity index (χ2n) is 5.63. The molecule has 1 aromatic heterocycles. The van der Waals surface area contributed by atoms with E-state index in [4.69, 9.17) is 0 Å². The van der Waals surface area contributed by atoms with E-state index in [0.717, 1.165) is 30.0 Å². The van der Waals surface area contributed by atoms with Gasteiger partial charge in [0, 0.05) is 13.6 Å². The minimum absolute atomic E-state index is 0.160. The molecule has 0 bridgehead atoms. The van der Waals surface area contributed by atoms with Crippen LogP contribution in [0, 0.1) is 6.92 Å². The van der Waals surface area contributed by atoms with Crippen molar-refractivity contribution in [3.8, 4) is 0 Å². The van der Waals surface area contributed by atoms with Gasteiger partial charge < -0.3 is 4.90 Å². The van der Waals surface area contributed by atoms with Crippen LogP contribution in [0.4, 0.5) is 13.2 Å². The summed E-state index contributed by atoms with van der Waals surface area (Å²) >= 11 is 1.39. The Kier molecular flexibility index (Phi) is 5.64. The van der Waals surface area contributed by atoms with Crippen molar-refractivity contribution >= 4 is 17.2 Å². The van der Waals surface area contributed by atoms with Crippen LogP contribution in [0.5, 0.6) is 0 Å². The van der Waals surface area contributed by atoms with E-state index in [2.05, 4.69) is 11.9 Å². The number of amides is 1. The quantitative estimate of drug-likeness (QED) is 0.778. The summed E-state index contributed by atoms with van der Waals surface area (Å²) in [5, 5.41) is 0.932. The Hall–Kier alpha value is -1.89. The Morgan fingerprint density at radius 3 is 2.42 bits per heavy atom. The molecule has 2 rings (SSSR count). The fourth-order valence-corrected chi connectivity index (χ4v) is 3.45. The average Bonchev–Trinajstić information content (AvgIpc) is 2.87. The van der Waals surface area contributed by atoms with E-state index < -0.39 is 11.7 Å². The standard InChI is InChI=1S/C17H19F3N2OS/c1-4-5-14-21-11(2)15(24-14)16(23)22(3)10-12-6-8-13(9-7-12)17(18,19)20/h6-9H,4-5,10H2,1-3H3. The first-order valence-corrected chi connectivity index (χ1v) is 8.42. The number of aromatic nitrogens is 1. The summed E-state index contributed by atoms with van der Waals surface area (Å²) in [6, 6.07) is 4.86. The topological polar surface area (TPSA) is 33.2 Å². The van der Waals surface area contributed by atoms with Gasteiger partial charge in [-0.25, -0.2) is 4.98 Å². The summed E-state index contributed by atoms with van der Waals surface area (Å²) < 4.78 is 37.7. The van der Waals surface area contributed by atoms with E-state index in [0.29, 0.717) is 16.1 Å². The zero-order valence-corrected chi connectivity index (χ0v) is 14.6.